The van der Waals surface area contributed by atoms with Crippen molar-refractivity contribution in [2.24, 2.45) is 5.92 Å². The van der Waals surface area contributed by atoms with E-state index in [1.54, 1.807) is 23.4 Å². The summed E-state index contributed by atoms with van der Waals surface area (Å²) in [7, 11) is 0. The summed E-state index contributed by atoms with van der Waals surface area (Å²) in [5.74, 6) is -0.495. The first-order valence-electron chi connectivity index (χ1n) is 10.7. The fraction of sp³-hybridized carbons (Fsp3) is 0.348. The molecule has 1 amide bonds. The van der Waals surface area contributed by atoms with Crippen LogP contribution in [0.4, 0.5) is 23.5 Å². The smallest absolute Gasteiger partial charge is 0.352 e. The van der Waals surface area contributed by atoms with Gasteiger partial charge in [0.25, 0.3) is 5.91 Å². The number of rotatable bonds is 5. The van der Waals surface area contributed by atoms with Gasteiger partial charge in [0.15, 0.2) is 5.82 Å². The molecule has 1 aliphatic heterocycles. The van der Waals surface area contributed by atoms with Gasteiger partial charge in [0.05, 0.1) is 17.2 Å². The molecule has 0 saturated carbocycles. The summed E-state index contributed by atoms with van der Waals surface area (Å²) < 4.78 is 52.4. The topological polar surface area (TPSA) is 83.9 Å². The number of hydrogen-bond donors (Lipinski definition) is 1. The number of anilines is 1. The standard InChI is InChI=1S/C23H22F4N6O/c1-14-4-2-9-33(19(14)13-32-22-30-11-15(12-31-22)23(25,26)27)21(34)18-10-16(24)5-6-17(18)20-28-7-3-8-29-20/h3,5-8,10-12,14,19H,2,4,9,13H2,1H3,(H,30,31,32)/t14-,19-/m1/s1. The summed E-state index contributed by atoms with van der Waals surface area (Å²) >= 11 is 0. The lowest BCUT2D eigenvalue weighted by molar-refractivity contribution is -0.138. The fourth-order valence-corrected chi connectivity index (χ4v) is 4.06. The number of nitrogens with zero attached hydrogens (tertiary/aromatic N) is 5. The van der Waals surface area contributed by atoms with Crippen LogP contribution in [0.15, 0.2) is 49.1 Å². The summed E-state index contributed by atoms with van der Waals surface area (Å²) in [6, 6.07) is 5.25. The summed E-state index contributed by atoms with van der Waals surface area (Å²) in [6.07, 6.45) is 1.61. The number of likely N-dealkylation sites (tertiary alicyclic amines) is 1. The van der Waals surface area contributed by atoms with Crippen LogP contribution in [0.25, 0.3) is 11.4 Å². The Morgan fingerprint density at radius 2 is 1.85 bits per heavy atom. The van der Waals surface area contributed by atoms with Crippen LogP contribution in [0, 0.1) is 11.7 Å². The maximum absolute atomic E-state index is 14.1. The lowest BCUT2D eigenvalue weighted by Crippen LogP contribution is -2.51. The van der Waals surface area contributed by atoms with Crippen molar-refractivity contribution < 1.29 is 22.4 Å². The van der Waals surface area contributed by atoms with Crippen LogP contribution < -0.4 is 5.32 Å². The molecular weight excluding hydrogens is 452 g/mol. The third kappa shape index (κ3) is 5.13. The molecule has 1 fully saturated rings. The number of hydrogen-bond acceptors (Lipinski definition) is 6. The number of amides is 1. The Bertz CT molecular complexity index is 1140. The Balaban J connectivity index is 1.57. The van der Waals surface area contributed by atoms with Gasteiger partial charge < -0.3 is 10.2 Å². The van der Waals surface area contributed by atoms with E-state index in [2.05, 4.69) is 25.3 Å². The van der Waals surface area contributed by atoms with Gasteiger partial charge in [-0.05, 0) is 43.0 Å². The summed E-state index contributed by atoms with van der Waals surface area (Å²) in [4.78, 5) is 31.1. The molecule has 2 aromatic heterocycles. The van der Waals surface area contributed by atoms with Gasteiger partial charge in [0.1, 0.15) is 5.82 Å². The fourth-order valence-electron chi connectivity index (χ4n) is 4.06. The first kappa shape index (κ1) is 23.5. The minimum Gasteiger partial charge on any atom is -0.352 e. The molecule has 3 aromatic rings. The number of piperidine rings is 1. The first-order valence-corrected chi connectivity index (χ1v) is 10.7. The second-order valence-corrected chi connectivity index (χ2v) is 8.12. The summed E-state index contributed by atoms with van der Waals surface area (Å²) in [5, 5.41) is 2.94. The SMILES string of the molecule is C[C@@H]1CCCN(C(=O)c2cc(F)ccc2-c2ncccn2)[C@@H]1CNc1ncc(C(F)(F)F)cn1. The molecule has 2 atom stereocenters. The normalized spacial score (nSPS) is 18.6. The van der Waals surface area contributed by atoms with Crippen LogP contribution in [-0.4, -0.2) is 49.9 Å². The lowest BCUT2D eigenvalue weighted by atomic mass is 9.89. The first-order chi connectivity index (χ1) is 16.2. The Kier molecular flexibility index (Phi) is 6.71. The molecule has 0 spiro atoms. The average molecular weight is 474 g/mol. The van der Waals surface area contributed by atoms with Crippen LogP contribution in [0.1, 0.15) is 35.7 Å². The Labute approximate surface area is 193 Å². The highest BCUT2D eigenvalue weighted by Crippen LogP contribution is 2.30. The van der Waals surface area contributed by atoms with Crippen molar-refractivity contribution in [3.8, 4) is 11.4 Å². The van der Waals surface area contributed by atoms with Crippen LogP contribution in [-0.2, 0) is 6.18 Å². The molecule has 34 heavy (non-hydrogen) atoms. The predicted molar refractivity (Wildman–Crippen MR) is 116 cm³/mol. The van der Waals surface area contributed by atoms with Crippen molar-refractivity contribution in [2.45, 2.75) is 32.0 Å². The maximum atomic E-state index is 14.1. The van der Waals surface area contributed by atoms with Gasteiger partial charge in [-0.1, -0.05) is 6.92 Å². The van der Waals surface area contributed by atoms with Crippen molar-refractivity contribution >= 4 is 11.9 Å². The number of benzene rings is 1. The monoisotopic (exact) mass is 474 g/mol. The third-order valence-corrected chi connectivity index (χ3v) is 5.84. The zero-order valence-corrected chi connectivity index (χ0v) is 18.3. The molecule has 1 N–H and O–H groups in total. The quantitative estimate of drug-likeness (QED) is 0.551. The second-order valence-electron chi connectivity index (χ2n) is 8.12. The van der Waals surface area contributed by atoms with Crippen LogP contribution >= 0.6 is 0 Å². The van der Waals surface area contributed by atoms with Crippen molar-refractivity contribution in [3.05, 3.63) is 66.0 Å². The molecule has 0 unspecified atom stereocenters. The average Bonchev–Trinajstić information content (AvgIpc) is 2.83. The number of alkyl halides is 3. The van der Waals surface area contributed by atoms with E-state index >= 15 is 0 Å². The van der Waals surface area contributed by atoms with E-state index in [0.717, 1.165) is 12.8 Å². The molecule has 178 valence electrons. The highest BCUT2D eigenvalue weighted by Gasteiger charge is 2.34. The van der Waals surface area contributed by atoms with E-state index in [0.29, 0.717) is 30.3 Å². The molecule has 0 aliphatic carbocycles. The lowest BCUT2D eigenvalue weighted by Gasteiger charge is -2.40. The summed E-state index contributed by atoms with van der Waals surface area (Å²) in [5.41, 5.74) is -0.373. The number of nitrogens with one attached hydrogen (secondary N) is 1. The van der Waals surface area contributed by atoms with E-state index in [4.69, 9.17) is 0 Å². The highest BCUT2D eigenvalue weighted by molar-refractivity contribution is 6.00. The van der Waals surface area contributed by atoms with Gasteiger partial charge in [-0.2, -0.15) is 13.2 Å². The van der Waals surface area contributed by atoms with Crippen molar-refractivity contribution in [1.82, 2.24) is 24.8 Å². The Hall–Kier alpha value is -3.63. The van der Waals surface area contributed by atoms with Crippen LogP contribution in [0.3, 0.4) is 0 Å². The molecule has 0 radical (unpaired) electrons. The predicted octanol–water partition coefficient (Wildman–Crippen LogP) is 4.44. The second kappa shape index (κ2) is 9.70. The third-order valence-electron chi connectivity index (χ3n) is 5.84. The molecule has 1 aliphatic rings. The molecule has 0 bridgehead atoms. The van der Waals surface area contributed by atoms with Gasteiger partial charge in [-0.25, -0.2) is 24.3 Å². The zero-order chi connectivity index (χ0) is 24.3. The maximum Gasteiger partial charge on any atom is 0.419 e. The molecule has 11 heteroatoms. The molecule has 4 rings (SSSR count). The highest BCUT2D eigenvalue weighted by atomic mass is 19.4. The van der Waals surface area contributed by atoms with Gasteiger partial charge in [0, 0.05) is 43.4 Å². The zero-order valence-electron chi connectivity index (χ0n) is 18.3. The Morgan fingerprint density at radius 3 is 2.53 bits per heavy atom. The van der Waals surface area contributed by atoms with Gasteiger partial charge in [-0.15, -0.1) is 0 Å². The molecule has 3 heterocycles. The van der Waals surface area contributed by atoms with Crippen LogP contribution in [0.2, 0.25) is 0 Å². The van der Waals surface area contributed by atoms with Gasteiger partial charge >= 0.3 is 6.18 Å². The number of carbonyl (C=O) groups is 1. The van der Waals surface area contributed by atoms with Crippen molar-refractivity contribution in [2.75, 3.05) is 18.4 Å². The van der Waals surface area contributed by atoms with E-state index in [9.17, 15) is 22.4 Å². The van der Waals surface area contributed by atoms with Gasteiger partial charge in [0.2, 0.25) is 5.95 Å². The van der Waals surface area contributed by atoms with E-state index in [1.807, 2.05) is 6.92 Å². The van der Waals surface area contributed by atoms with E-state index < -0.39 is 17.6 Å². The minimum atomic E-state index is -4.52. The number of halogens is 4. The summed E-state index contributed by atoms with van der Waals surface area (Å²) in [6.45, 7) is 2.67. The van der Waals surface area contributed by atoms with Gasteiger partial charge in [-0.3, -0.25) is 4.79 Å². The largest absolute Gasteiger partial charge is 0.419 e. The van der Waals surface area contributed by atoms with Crippen molar-refractivity contribution in [1.29, 1.82) is 0 Å². The number of aromatic nitrogens is 4. The van der Waals surface area contributed by atoms with E-state index in [1.165, 1.54) is 18.2 Å². The number of carbonyl (C=O) groups excluding carboxylic acids is 1. The molecule has 7 nitrogen and oxygen atoms in total. The van der Waals surface area contributed by atoms with Crippen LogP contribution in [0.5, 0.6) is 0 Å². The molecular formula is C23H22F4N6O. The Morgan fingerprint density at radius 1 is 1.15 bits per heavy atom. The van der Waals surface area contributed by atoms with E-state index in [-0.39, 0.29) is 35.9 Å². The minimum absolute atomic E-state index is 0.0299. The molecule has 1 saturated heterocycles. The van der Waals surface area contributed by atoms with Crippen molar-refractivity contribution in [3.63, 3.8) is 0 Å². The molecule has 1 aromatic carbocycles.